The first-order valence-electron chi connectivity index (χ1n) is 13.5. The van der Waals surface area contributed by atoms with Crippen LogP contribution in [0.2, 0.25) is 0 Å². The highest BCUT2D eigenvalue weighted by molar-refractivity contribution is 6.23. The highest BCUT2D eigenvalue weighted by Gasteiger charge is 2.60. The van der Waals surface area contributed by atoms with Crippen molar-refractivity contribution in [3.63, 3.8) is 0 Å². The van der Waals surface area contributed by atoms with E-state index in [0.717, 1.165) is 30.5 Å². The van der Waals surface area contributed by atoms with Gasteiger partial charge in [-0.2, -0.15) is 0 Å². The maximum Gasteiger partial charge on any atom is 0.266 e. The van der Waals surface area contributed by atoms with Crippen molar-refractivity contribution < 1.29 is 28.6 Å². The second kappa shape index (κ2) is 11.8. The molecule has 0 bridgehead atoms. The van der Waals surface area contributed by atoms with Gasteiger partial charge in [0.2, 0.25) is 5.91 Å². The van der Waals surface area contributed by atoms with Gasteiger partial charge in [-0.05, 0) is 66.9 Å². The van der Waals surface area contributed by atoms with E-state index in [0.29, 0.717) is 36.1 Å². The predicted octanol–water partition coefficient (Wildman–Crippen LogP) is 5.71. The van der Waals surface area contributed by atoms with Crippen LogP contribution in [-0.2, 0) is 14.4 Å². The first-order valence-corrected chi connectivity index (χ1v) is 13.5. The number of hydrogen-bond donors (Lipinski definition) is 0. The summed E-state index contributed by atoms with van der Waals surface area (Å²) in [5, 5.41) is 1.68. The minimum Gasteiger partial charge on any atom is -0.494 e. The molecule has 8 nitrogen and oxygen atoms in total. The number of ether oxygens (including phenoxy) is 3. The molecule has 2 amide bonds. The zero-order chi connectivity index (χ0) is 27.4. The number of carbonyl (C=O) groups is 2. The van der Waals surface area contributed by atoms with Gasteiger partial charge in [0.05, 0.1) is 37.7 Å². The standard InChI is InChI=1S/C31H34N2O6/c1-4-6-19-37-24-15-13-22(14-16-24)32-30(34)27-28(21-12-17-25(38-18-5-2)26(20-21)36-3)33(39-29(27)31(32)35)23-10-8-7-9-11-23/h7-17,20,27-29H,4-6,18-19H2,1-3H3/t27-,28-,29+/m1/s1. The molecule has 0 radical (unpaired) electrons. The van der Waals surface area contributed by atoms with Gasteiger partial charge in [-0.25, -0.2) is 9.96 Å². The zero-order valence-corrected chi connectivity index (χ0v) is 22.5. The Bertz CT molecular complexity index is 1300. The maximum absolute atomic E-state index is 13.9. The predicted molar refractivity (Wildman–Crippen MR) is 148 cm³/mol. The lowest BCUT2D eigenvalue weighted by molar-refractivity contribution is -0.126. The second-order valence-corrected chi connectivity index (χ2v) is 9.62. The lowest BCUT2D eigenvalue weighted by Crippen LogP contribution is -2.37. The van der Waals surface area contributed by atoms with Gasteiger partial charge in [0.15, 0.2) is 17.6 Å². The Hall–Kier alpha value is -4.04. The maximum atomic E-state index is 13.9. The molecule has 0 spiro atoms. The summed E-state index contributed by atoms with van der Waals surface area (Å²) < 4.78 is 17.2. The molecule has 0 saturated carbocycles. The molecule has 3 atom stereocenters. The number of rotatable bonds is 11. The fraction of sp³-hybridized carbons (Fsp3) is 0.355. The van der Waals surface area contributed by atoms with Gasteiger partial charge in [0.1, 0.15) is 11.7 Å². The van der Waals surface area contributed by atoms with Crippen molar-refractivity contribution in [2.24, 2.45) is 5.92 Å². The number of para-hydroxylation sites is 1. The van der Waals surface area contributed by atoms with Gasteiger partial charge >= 0.3 is 0 Å². The van der Waals surface area contributed by atoms with E-state index in [1.807, 2.05) is 55.5 Å². The highest BCUT2D eigenvalue weighted by Crippen LogP contribution is 2.48. The second-order valence-electron chi connectivity index (χ2n) is 9.62. The number of imide groups is 1. The Morgan fingerprint density at radius 2 is 1.56 bits per heavy atom. The number of benzene rings is 3. The van der Waals surface area contributed by atoms with E-state index in [4.69, 9.17) is 19.0 Å². The molecule has 8 heteroatoms. The smallest absolute Gasteiger partial charge is 0.266 e. The van der Waals surface area contributed by atoms with Crippen LogP contribution < -0.4 is 24.2 Å². The molecule has 2 fully saturated rings. The number of anilines is 2. The van der Waals surface area contributed by atoms with Gasteiger partial charge in [-0.3, -0.25) is 14.4 Å². The summed E-state index contributed by atoms with van der Waals surface area (Å²) in [5.74, 6) is 0.450. The zero-order valence-electron chi connectivity index (χ0n) is 22.5. The Balaban J connectivity index is 1.48. The van der Waals surface area contributed by atoms with E-state index in [-0.39, 0.29) is 11.8 Å². The van der Waals surface area contributed by atoms with Crippen molar-refractivity contribution in [3.8, 4) is 17.2 Å². The highest BCUT2D eigenvalue weighted by atomic mass is 16.7. The van der Waals surface area contributed by atoms with Crippen LogP contribution in [0.15, 0.2) is 72.8 Å². The average molecular weight is 531 g/mol. The molecule has 3 aromatic rings. The van der Waals surface area contributed by atoms with Crippen LogP contribution in [0.1, 0.15) is 44.7 Å². The summed E-state index contributed by atoms with van der Waals surface area (Å²) in [5.41, 5.74) is 2.04. The molecule has 2 aliphatic heterocycles. The van der Waals surface area contributed by atoms with Gasteiger partial charge < -0.3 is 14.2 Å². The number of hydroxylamine groups is 1. The van der Waals surface area contributed by atoms with Crippen LogP contribution in [0.4, 0.5) is 11.4 Å². The molecule has 0 unspecified atom stereocenters. The van der Waals surface area contributed by atoms with E-state index in [9.17, 15) is 9.59 Å². The molecule has 204 valence electrons. The molecule has 0 aromatic heterocycles. The summed E-state index contributed by atoms with van der Waals surface area (Å²) in [6, 6.07) is 21.6. The molecule has 3 aromatic carbocycles. The van der Waals surface area contributed by atoms with E-state index in [2.05, 4.69) is 6.92 Å². The monoisotopic (exact) mass is 530 g/mol. The number of carbonyl (C=O) groups excluding carboxylic acids is 2. The lowest BCUT2D eigenvalue weighted by Gasteiger charge is -2.29. The van der Waals surface area contributed by atoms with Gasteiger partial charge in [-0.15, -0.1) is 0 Å². The number of hydrogen-bond acceptors (Lipinski definition) is 7. The molecule has 0 aliphatic carbocycles. The Kier molecular flexibility index (Phi) is 8.02. The molecule has 0 N–H and O–H groups in total. The van der Waals surface area contributed by atoms with Crippen molar-refractivity contribution in [1.82, 2.24) is 0 Å². The van der Waals surface area contributed by atoms with Gasteiger partial charge in [0, 0.05) is 0 Å². The van der Waals surface area contributed by atoms with Crippen LogP contribution in [-0.4, -0.2) is 38.2 Å². The number of fused-ring (bicyclic) bond motifs is 1. The summed E-state index contributed by atoms with van der Waals surface area (Å²) in [6.07, 6.45) is 1.91. The van der Waals surface area contributed by atoms with Gasteiger partial charge in [0.25, 0.3) is 5.91 Å². The van der Waals surface area contributed by atoms with Crippen molar-refractivity contribution in [1.29, 1.82) is 0 Å². The summed E-state index contributed by atoms with van der Waals surface area (Å²) in [7, 11) is 1.59. The van der Waals surface area contributed by atoms with Gasteiger partial charge in [-0.1, -0.05) is 44.5 Å². The lowest BCUT2D eigenvalue weighted by atomic mass is 9.90. The fourth-order valence-corrected chi connectivity index (χ4v) is 5.03. The van der Waals surface area contributed by atoms with Crippen molar-refractivity contribution in [2.45, 2.75) is 45.3 Å². The van der Waals surface area contributed by atoms with E-state index < -0.39 is 18.1 Å². The average Bonchev–Trinajstić information content (AvgIpc) is 3.48. The minimum atomic E-state index is -0.954. The largest absolute Gasteiger partial charge is 0.494 e. The topological polar surface area (TPSA) is 77.5 Å². The first-order chi connectivity index (χ1) is 19.1. The third kappa shape index (κ3) is 5.16. The summed E-state index contributed by atoms with van der Waals surface area (Å²) in [6.45, 7) is 5.33. The van der Waals surface area contributed by atoms with Crippen LogP contribution in [0.3, 0.4) is 0 Å². The molecule has 2 saturated heterocycles. The number of unbranched alkanes of at least 4 members (excludes halogenated alkanes) is 1. The minimum absolute atomic E-state index is 0.307. The van der Waals surface area contributed by atoms with E-state index in [1.54, 1.807) is 36.4 Å². The molecule has 5 rings (SSSR count). The third-order valence-corrected chi connectivity index (χ3v) is 6.98. The van der Waals surface area contributed by atoms with E-state index >= 15 is 0 Å². The normalized spacial score (nSPS) is 20.3. The Morgan fingerprint density at radius 3 is 2.26 bits per heavy atom. The third-order valence-electron chi connectivity index (χ3n) is 6.98. The molecular weight excluding hydrogens is 496 g/mol. The molecule has 39 heavy (non-hydrogen) atoms. The molecule has 2 aliphatic rings. The van der Waals surface area contributed by atoms with Crippen LogP contribution >= 0.6 is 0 Å². The summed E-state index contributed by atoms with van der Waals surface area (Å²) in [4.78, 5) is 35.0. The number of nitrogens with zero attached hydrogens (tertiary/aromatic N) is 2. The molecule has 2 heterocycles. The summed E-state index contributed by atoms with van der Waals surface area (Å²) >= 11 is 0. The SMILES string of the molecule is CCCCOc1ccc(N2C(=O)[C@H]3[C@H](ON(c4ccccc4)[C@@H]3c3ccc(OCCC)c(OC)c3)C2=O)cc1. The quantitative estimate of drug-likeness (QED) is 0.232. The Labute approximate surface area is 229 Å². The fourth-order valence-electron chi connectivity index (χ4n) is 5.03. The van der Waals surface area contributed by atoms with Crippen molar-refractivity contribution >= 4 is 23.2 Å². The molecular formula is C31H34N2O6. The van der Waals surface area contributed by atoms with Crippen molar-refractivity contribution in [3.05, 3.63) is 78.4 Å². The Morgan fingerprint density at radius 1 is 0.795 bits per heavy atom. The number of methoxy groups -OCH3 is 1. The number of amides is 2. The first kappa shape index (κ1) is 26.6. The van der Waals surface area contributed by atoms with Crippen molar-refractivity contribution in [2.75, 3.05) is 30.3 Å². The van der Waals surface area contributed by atoms with Crippen LogP contribution in [0.5, 0.6) is 17.2 Å². The van der Waals surface area contributed by atoms with Crippen LogP contribution in [0, 0.1) is 5.92 Å². The van der Waals surface area contributed by atoms with Crippen LogP contribution in [0.25, 0.3) is 0 Å². The van der Waals surface area contributed by atoms with E-state index in [1.165, 1.54) is 4.90 Å².